The van der Waals surface area contributed by atoms with Crippen LogP contribution in [-0.2, 0) is 0 Å². The molecule has 2 atom stereocenters. The third-order valence-electron chi connectivity index (χ3n) is 2.73. The van der Waals surface area contributed by atoms with Crippen LogP contribution in [0.4, 0.5) is 0 Å². The van der Waals surface area contributed by atoms with Crippen LogP contribution in [0.2, 0.25) is 0 Å². The Morgan fingerprint density at radius 3 is 2.54 bits per heavy atom. The highest BCUT2D eigenvalue weighted by Gasteiger charge is 2.36. The van der Waals surface area contributed by atoms with E-state index < -0.39 is 0 Å². The van der Waals surface area contributed by atoms with E-state index in [0.717, 1.165) is 12.1 Å². The molecule has 0 spiro atoms. The molecule has 1 aliphatic carbocycles. The minimum Gasteiger partial charge on any atom is -0.330 e. The zero-order chi connectivity index (χ0) is 9.26. The summed E-state index contributed by atoms with van der Waals surface area (Å²) in [6.45, 7) is 0.807. The quantitative estimate of drug-likeness (QED) is 0.674. The fourth-order valence-corrected chi connectivity index (χ4v) is 1.74. The zero-order valence-electron chi connectivity index (χ0n) is 7.53. The van der Waals surface area contributed by atoms with Crippen LogP contribution in [0.25, 0.3) is 0 Å². The third kappa shape index (κ3) is 1.59. The van der Waals surface area contributed by atoms with Gasteiger partial charge >= 0.3 is 0 Å². The highest BCUT2D eigenvalue weighted by Crippen LogP contribution is 2.46. The van der Waals surface area contributed by atoms with Crippen molar-refractivity contribution < 1.29 is 0 Å². The van der Waals surface area contributed by atoms with Gasteiger partial charge in [-0.2, -0.15) is 0 Å². The number of rotatable bonds is 2. The first-order valence-corrected chi connectivity index (χ1v) is 4.62. The van der Waals surface area contributed by atoms with Crippen LogP contribution in [0, 0.1) is 18.3 Å². The van der Waals surface area contributed by atoms with Crippen molar-refractivity contribution in [1.29, 1.82) is 0 Å². The molecule has 0 saturated heterocycles. The minimum atomic E-state index is 0.692. The molecular formula is C12H13N. The summed E-state index contributed by atoms with van der Waals surface area (Å²) < 4.78 is 0. The van der Waals surface area contributed by atoms with Gasteiger partial charge in [0.15, 0.2) is 0 Å². The lowest BCUT2D eigenvalue weighted by Gasteiger charge is -1.98. The second kappa shape index (κ2) is 3.24. The van der Waals surface area contributed by atoms with E-state index in [1.165, 1.54) is 12.0 Å². The summed E-state index contributed by atoms with van der Waals surface area (Å²) in [6.07, 6.45) is 6.52. The van der Waals surface area contributed by atoms with E-state index in [0.29, 0.717) is 11.8 Å². The third-order valence-corrected chi connectivity index (χ3v) is 2.73. The summed E-state index contributed by atoms with van der Waals surface area (Å²) in [5.41, 5.74) is 7.92. The summed E-state index contributed by atoms with van der Waals surface area (Å²) in [5, 5.41) is 0. The molecule has 1 heteroatoms. The molecule has 0 radical (unpaired) electrons. The topological polar surface area (TPSA) is 26.0 Å². The molecular weight excluding hydrogens is 158 g/mol. The average Bonchev–Trinajstić information content (AvgIpc) is 2.97. The molecule has 0 aliphatic heterocycles. The number of benzene rings is 1. The zero-order valence-corrected chi connectivity index (χ0v) is 7.53. The summed E-state index contributed by atoms with van der Waals surface area (Å²) in [6, 6.07) is 8.24. The lowest BCUT2D eigenvalue weighted by molar-refractivity contribution is 0.810. The number of hydrogen-bond acceptors (Lipinski definition) is 1. The second-order valence-electron chi connectivity index (χ2n) is 3.60. The number of hydrogen-bond donors (Lipinski definition) is 1. The molecule has 13 heavy (non-hydrogen) atoms. The van der Waals surface area contributed by atoms with Gasteiger partial charge in [0.2, 0.25) is 0 Å². The standard InChI is InChI=1S/C12H13N/c1-2-9-3-5-10(6-4-9)12-7-11(12)8-13/h1,3-6,11-12H,7-8,13H2/t11-,12-/m0/s1. The molecule has 0 aromatic heterocycles. The van der Waals surface area contributed by atoms with Gasteiger partial charge in [0, 0.05) is 5.56 Å². The van der Waals surface area contributed by atoms with Crippen LogP contribution in [-0.4, -0.2) is 6.54 Å². The molecule has 2 rings (SSSR count). The first kappa shape index (κ1) is 8.34. The van der Waals surface area contributed by atoms with E-state index in [2.05, 4.69) is 18.1 Å². The van der Waals surface area contributed by atoms with Gasteiger partial charge in [0.1, 0.15) is 0 Å². The van der Waals surface area contributed by atoms with E-state index in [1.54, 1.807) is 0 Å². The molecule has 0 unspecified atom stereocenters. The second-order valence-corrected chi connectivity index (χ2v) is 3.60. The van der Waals surface area contributed by atoms with Crippen molar-refractivity contribution >= 4 is 0 Å². The number of terminal acetylenes is 1. The first-order valence-electron chi connectivity index (χ1n) is 4.62. The van der Waals surface area contributed by atoms with Crippen molar-refractivity contribution in [2.24, 2.45) is 11.7 Å². The van der Waals surface area contributed by atoms with Crippen LogP contribution < -0.4 is 5.73 Å². The van der Waals surface area contributed by atoms with Crippen molar-refractivity contribution in [2.45, 2.75) is 12.3 Å². The lowest BCUT2D eigenvalue weighted by Crippen LogP contribution is -2.01. The Balaban J connectivity index is 2.12. The summed E-state index contributed by atoms with van der Waals surface area (Å²) >= 11 is 0. The molecule has 1 aromatic rings. The van der Waals surface area contributed by atoms with Crippen molar-refractivity contribution in [3.8, 4) is 12.3 Å². The van der Waals surface area contributed by atoms with Crippen LogP contribution >= 0.6 is 0 Å². The molecule has 1 fully saturated rings. The van der Waals surface area contributed by atoms with Crippen LogP contribution in [0.1, 0.15) is 23.5 Å². The highest BCUT2D eigenvalue weighted by atomic mass is 14.6. The first-order chi connectivity index (χ1) is 6.35. The van der Waals surface area contributed by atoms with E-state index in [9.17, 15) is 0 Å². The monoisotopic (exact) mass is 171 g/mol. The van der Waals surface area contributed by atoms with Crippen molar-refractivity contribution in [1.82, 2.24) is 0 Å². The molecule has 1 aromatic carbocycles. The van der Waals surface area contributed by atoms with Gasteiger partial charge in [-0.15, -0.1) is 6.42 Å². The molecule has 1 saturated carbocycles. The Hall–Kier alpha value is -1.26. The van der Waals surface area contributed by atoms with Crippen LogP contribution in [0.5, 0.6) is 0 Å². The molecule has 0 amide bonds. The van der Waals surface area contributed by atoms with E-state index >= 15 is 0 Å². The van der Waals surface area contributed by atoms with Crippen molar-refractivity contribution in [2.75, 3.05) is 6.54 Å². The minimum absolute atomic E-state index is 0.692. The van der Waals surface area contributed by atoms with Gasteiger partial charge in [0.05, 0.1) is 0 Å². The van der Waals surface area contributed by atoms with Crippen molar-refractivity contribution in [3.05, 3.63) is 35.4 Å². The lowest BCUT2D eigenvalue weighted by atomic mass is 10.1. The molecule has 2 N–H and O–H groups in total. The van der Waals surface area contributed by atoms with Gasteiger partial charge < -0.3 is 5.73 Å². The molecule has 1 nitrogen and oxygen atoms in total. The van der Waals surface area contributed by atoms with Gasteiger partial charge in [-0.25, -0.2) is 0 Å². The molecule has 1 aliphatic rings. The number of nitrogens with two attached hydrogens (primary N) is 1. The fourth-order valence-electron chi connectivity index (χ4n) is 1.74. The summed E-state index contributed by atoms with van der Waals surface area (Å²) in [4.78, 5) is 0. The Morgan fingerprint density at radius 2 is 2.08 bits per heavy atom. The Morgan fingerprint density at radius 1 is 1.38 bits per heavy atom. The normalized spacial score (nSPS) is 25.2. The van der Waals surface area contributed by atoms with Crippen LogP contribution in [0.3, 0.4) is 0 Å². The molecule has 0 heterocycles. The summed E-state index contributed by atoms with van der Waals surface area (Å²) in [5.74, 6) is 4.01. The summed E-state index contributed by atoms with van der Waals surface area (Å²) in [7, 11) is 0. The molecule has 0 bridgehead atoms. The van der Waals surface area contributed by atoms with Crippen LogP contribution in [0.15, 0.2) is 24.3 Å². The smallest absolute Gasteiger partial charge is 0.0242 e. The van der Waals surface area contributed by atoms with E-state index in [4.69, 9.17) is 12.2 Å². The fraction of sp³-hybridized carbons (Fsp3) is 0.333. The predicted molar refractivity (Wildman–Crippen MR) is 54.3 cm³/mol. The Kier molecular flexibility index (Phi) is 2.08. The van der Waals surface area contributed by atoms with Gasteiger partial charge in [-0.3, -0.25) is 0 Å². The SMILES string of the molecule is C#Cc1ccc([C@@H]2C[C@H]2CN)cc1. The maximum atomic E-state index is 5.59. The largest absolute Gasteiger partial charge is 0.330 e. The maximum absolute atomic E-state index is 5.59. The Bertz CT molecular complexity index is 331. The van der Waals surface area contributed by atoms with Gasteiger partial charge in [-0.05, 0) is 42.5 Å². The van der Waals surface area contributed by atoms with Gasteiger partial charge in [-0.1, -0.05) is 18.1 Å². The maximum Gasteiger partial charge on any atom is 0.0242 e. The highest BCUT2D eigenvalue weighted by molar-refractivity contribution is 5.37. The predicted octanol–water partition coefficient (Wildman–Crippen LogP) is 1.73. The van der Waals surface area contributed by atoms with Gasteiger partial charge in [0.25, 0.3) is 0 Å². The van der Waals surface area contributed by atoms with E-state index in [-0.39, 0.29) is 0 Å². The average molecular weight is 171 g/mol. The molecule has 66 valence electrons. The Labute approximate surface area is 79.0 Å². The van der Waals surface area contributed by atoms with E-state index in [1.807, 2.05) is 12.1 Å². The van der Waals surface area contributed by atoms with Crippen molar-refractivity contribution in [3.63, 3.8) is 0 Å².